The summed E-state index contributed by atoms with van der Waals surface area (Å²) in [5, 5.41) is 3.68. The Morgan fingerprint density at radius 2 is 1.96 bits per heavy atom. The van der Waals surface area contributed by atoms with Crippen LogP contribution in [0, 0.1) is 0 Å². The van der Waals surface area contributed by atoms with Crippen molar-refractivity contribution in [1.82, 2.24) is 0 Å². The fourth-order valence-corrected chi connectivity index (χ4v) is 1.70. The van der Waals surface area contributed by atoms with Gasteiger partial charge in [-0.05, 0) is 39.8 Å². The molecule has 0 saturated carbocycles. The predicted octanol–water partition coefficient (Wildman–Crippen LogP) is 2.28. The van der Waals surface area contributed by atoms with Crippen molar-refractivity contribution in [2.24, 2.45) is 10.1 Å². The molecule has 8 heteroatoms. The summed E-state index contributed by atoms with van der Waals surface area (Å²) < 4.78 is 10.00. The molecule has 0 bridgehead atoms. The van der Waals surface area contributed by atoms with Gasteiger partial charge in [0.2, 0.25) is 12.7 Å². The summed E-state index contributed by atoms with van der Waals surface area (Å²) in [4.78, 5) is 42.5. The molecule has 134 valence electrons. The van der Waals surface area contributed by atoms with Crippen LogP contribution in [0.15, 0.2) is 34.4 Å². The molecule has 0 radical (unpaired) electrons. The van der Waals surface area contributed by atoms with E-state index in [2.05, 4.69) is 10.1 Å². The van der Waals surface area contributed by atoms with Gasteiger partial charge in [0.05, 0.1) is 12.3 Å². The van der Waals surface area contributed by atoms with Gasteiger partial charge in [0, 0.05) is 5.56 Å². The number of hydrogen-bond acceptors (Lipinski definition) is 8. The number of hydrogen-bond donors (Lipinski definition) is 0. The molecule has 0 saturated heterocycles. The van der Waals surface area contributed by atoms with E-state index in [9.17, 15) is 14.4 Å². The van der Waals surface area contributed by atoms with Crippen LogP contribution in [0.4, 0.5) is 5.69 Å². The van der Waals surface area contributed by atoms with Crippen molar-refractivity contribution in [3.8, 4) is 0 Å². The van der Waals surface area contributed by atoms with E-state index in [1.54, 1.807) is 45.9 Å². The Labute approximate surface area is 145 Å². The molecule has 0 aliphatic carbocycles. The zero-order chi connectivity index (χ0) is 18.9. The van der Waals surface area contributed by atoms with Gasteiger partial charge >= 0.3 is 11.9 Å². The third-order valence-electron chi connectivity index (χ3n) is 2.52. The Morgan fingerprint density at radius 3 is 2.56 bits per heavy atom. The maximum absolute atomic E-state index is 12.1. The van der Waals surface area contributed by atoms with Crippen LogP contribution in [-0.2, 0) is 28.7 Å². The van der Waals surface area contributed by atoms with E-state index >= 15 is 0 Å². The quantitative estimate of drug-likeness (QED) is 0.324. The molecule has 8 nitrogen and oxygen atoms in total. The predicted molar refractivity (Wildman–Crippen MR) is 89.2 cm³/mol. The first-order valence-electron chi connectivity index (χ1n) is 7.54. The maximum Gasteiger partial charge on any atom is 0.361 e. The minimum Gasteiger partial charge on any atom is -0.461 e. The second kappa shape index (κ2) is 9.34. The molecule has 0 aromatic heterocycles. The molecule has 0 aliphatic rings. The summed E-state index contributed by atoms with van der Waals surface area (Å²) in [6.07, 6.45) is 1.41. The summed E-state index contributed by atoms with van der Waals surface area (Å²) in [5.74, 6) is -1.36. The summed E-state index contributed by atoms with van der Waals surface area (Å²) in [7, 11) is 0. The summed E-state index contributed by atoms with van der Waals surface area (Å²) >= 11 is 0. The van der Waals surface area contributed by atoms with E-state index in [4.69, 9.17) is 14.3 Å². The zero-order valence-corrected chi connectivity index (χ0v) is 14.6. The number of rotatable bonds is 7. The monoisotopic (exact) mass is 348 g/mol. The van der Waals surface area contributed by atoms with E-state index in [-0.39, 0.29) is 18.0 Å². The number of carbonyl (C=O) groups excluding carboxylic acids is 3. The Bertz CT molecular complexity index is 699. The van der Waals surface area contributed by atoms with Gasteiger partial charge in [0.1, 0.15) is 5.60 Å². The number of nitrogens with zero attached hydrogens (tertiary/aromatic N) is 2. The van der Waals surface area contributed by atoms with Crippen LogP contribution in [0.3, 0.4) is 0 Å². The van der Waals surface area contributed by atoms with Crippen molar-refractivity contribution >= 4 is 29.4 Å². The molecule has 0 N–H and O–H groups in total. The Kier molecular flexibility index (Phi) is 7.49. The highest BCUT2D eigenvalue weighted by molar-refractivity contribution is 6.43. The standard InChI is InChI=1S/C17H20N2O6/c1-5-23-16(22)15(12-7-6-8-13(9-12)18-11-20)19-24-10-14(21)25-17(2,3)4/h6-9H,5,10H2,1-4H3. The Hall–Kier alpha value is -2.99. The highest BCUT2D eigenvalue weighted by Crippen LogP contribution is 2.15. The molecule has 1 aromatic carbocycles. The van der Waals surface area contributed by atoms with E-state index in [1.165, 1.54) is 12.1 Å². The molecule has 0 spiro atoms. The molecule has 0 atom stereocenters. The smallest absolute Gasteiger partial charge is 0.361 e. The number of ether oxygens (including phenoxy) is 2. The van der Waals surface area contributed by atoms with Crippen LogP contribution >= 0.6 is 0 Å². The van der Waals surface area contributed by atoms with Crippen molar-refractivity contribution in [3.05, 3.63) is 29.8 Å². The SMILES string of the molecule is CCOC(=O)C(=NOCC(=O)OC(C)(C)C)c1cccc(N=C=O)c1. The molecule has 25 heavy (non-hydrogen) atoms. The lowest BCUT2D eigenvalue weighted by molar-refractivity contribution is -0.160. The third kappa shape index (κ3) is 7.41. The highest BCUT2D eigenvalue weighted by Gasteiger charge is 2.19. The van der Waals surface area contributed by atoms with Crippen LogP contribution in [-0.4, -0.2) is 42.5 Å². The summed E-state index contributed by atoms with van der Waals surface area (Å²) in [6, 6.07) is 6.14. The van der Waals surface area contributed by atoms with Gasteiger partial charge in [-0.3, -0.25) is 0 Å². The van der Waals surface area contributed by atoms with Crippen LogP contribution in [0.2, 0.25) is 0 Å². The van der Waals surface area contributed by atoms with Crippen LogP contribution in [0.1, 0.15) is 33.3 Å². The fourth-order valence-electron chi connectivity index (χ4n) is 1.70. The van der Waals surface area contributed by atoms with E-state index in [1.807, 2.05) is 0 Å². The van der Waals surface area contributed by atoms with Gasteiger partial charge in [-0.15, -0.1) is 0 Å². The minimum absolute atomic E-state index is 0.135. The molecule has 1 aromatic rings. The first-order chi connectivity index (χ1) is 11.8. The first-order valence-corrected chi connectivity index (χ1v) is 7.54. The van der Waals surface area contributed by atoms with Gasteiger partial charge < -0.3 is 14.3 Å². The van der Waals surface area contributed by atoms with Crippen molar-refractivity contribution in [1.29, 1.82) is 0 Å². The van der Waals surface area contributed by atoms with Crippen LogP contribution < -0.4 is 0 Å². The molecule has 0 aliphatic heterocycles. The molecular weight excluding hydrogens is 328 g/mol. The fraction of sp³-hybridized carbons (Fsp3) is 0.412. The number of isocyanates is 1. The average molecular weight is 348 g/mol. The van der Waals surface area contributed by atoms with Gasteiger partial charge in [-0.2, -0.15) is 4.99 Å². The van der Waals surface area contributed by atoms with Crippen molar-refractivity contribution < 1.29 is 28.7 Å². The van der Waals surface area contributed by atoms with Gasteiger partial charge in [0.25, 0.3) is 0 Å². The van der Waals surface area contributed by atoms with Crippen molar-refractivity contribution in [2.45, 2.75) is 33.3 Å². The van der Waals surface area contributed by atoms with Crippen molar-refractivity contribution in [2.75, 3.05) is 13.2 Å². The van der Waals surface area contributed by atoms with Gasteiger partial charge in [-0.25, -0.2) is 14.4 Å². The molecule has 0 fully saturated rings. The van der Waals surface area contributed by atoms with Crippen LogP contribution in [0.25, 0.3) is 0 Å². The minimum atomic E-state index is -0.737. The molecule has 1 rings (SSSR count). The lowest BCUT2D eigenvalue weighted by Crippen LogP contribution is -2.26. The number of esters is 2. The normalized spacial score (nSPS) is 11.3. The molecule has 0 unspecified atom stereocenters. The molecule has 0 heterocycles. The second-order valence-electron chi connectivity index (χ2n) is 5.77. The highest BCUT2D eigenvalue weighted by atomic mass is 16.7. The summed E-state index contributed by atoms with van der Waals surface area (Å²) in [6.45, 7) is 6.47. The largest absolute Gasteiger partial charge is 0.461 e. The number of aliphatic imine (C=N–C) groups is 1. The number of carbonyl (C=O) groups is 2. The van der Waals surface area contributed by atoms with Gasteiger partial charge in [-0.1, -0.05) is 17.3 Å². The lowest BCUT2D eigenvalue weighted by atomic mass is 10.1. The van der Waals surface area contributed by atoms with Crippen molar-refractivity contribution in [3.63, 3.8) is 0 Å². The molecule has 0 amide bonds. The van der Waals surface area contributed by atoms with Crippen LogP contribution in [0.5, 0.6) is 0 Å². The van der Waals surface area contributed by atoms with Gasteiger partial charge in [0.15, 0.2) is 5.71 Å². The third-order valence-corrected chi connectivity index (χ3v) is 2.52. The topological polar surface area (TPSA) is 104 Å². The first kappa shape index (κ1) is 20.1. The maximum atomic E-state index is 12.1. The Morgan fingerprint density at radius 1 is 1.24 bits per heavy atom. The molecular formula is C17H20N2O6. The number of oxime groups is 1. The average Bonchev–Trinajstić information content (AvgIpc) is 2.50. The summed E-state index contributed by atoms with van der Waals surface area (Å²) in [5.41, 5.74) is -0.209. The zero-order valence-electron chi connectivity index (χ0n) is 14.6. The van der Waals surface area contributed by atoms with E-state index < -0.39 is 24.1 Å². The van der Waals surface area contributed by atoms with E-state index in [0.717, 1.165) is 0 Å². The lowest BCUT2D eigenvalue weighted by Gasteiger charge is -2.18. The second-order valence-corrected chi connectivity index (χ2v) is 5.77. The Balaban J connectivity index is 2.97. The number of benzene rings is 1. The van der Waals surface area contributed by atoms with E-state index in [0.29, 0.717) is 5.56 Å².